The van der Waals surface area contributed by atoms with Crippen molar-refractivity contribution in [3.05, 3.63) is 48.7 Å². The molecule has 1 atom stereocenters. The summed E-state index contributed by atoms with van der Waals surface area (Å²) >= 11 is 0. The van der Waals surface area contributed by atoms with Crippen LogP contribution in [0.25, 0.3) is 0 Å². The van der Waals surface area contributed by atoms with Crippen LogP contribution in [0.1, 0.15) is 0 Å². The number of pyridine rings is 1. The molecule has 0 unspecified atom stereocenters. The smallest absolute Gasteiger partial charge is 0.125 e. The summed E-state index contributed by atoms with van der Waals surface area (Å²) in [6.45, 7) is 0.597. The molecule has 0 fully saturated rings. The highest BCUT2D eigenvalue weighted by atomic mass is 16.5. The van der Waals surface area contributed by atoms with E-state index >= 15 is 0 Å². The molecule has 0 aliphatic heterocycles. The van der Waals surface area contributed by atoms with Crippen LogP contribution in [-0.2, 0) is 0 Å². The zero-order chi connectivity index (χ0) is 14.2. The number of rotatable bonds is 7. The Labute approximate surface area is 118 Å². The van der Waals surface area contributed by atoms with Crippen molar-refractivity contribution in [1.82, 2.24) is 4.98 Å². The highest BCUT2D eigenvalue weighted by molar-refractivity contribution is 5.33. The Morgan fingerprint density at radius 2 is 1.90 bits per heavy atom. The summed E-state index contributed by atoms with van der Waals surface area (Å²) in [5.74, 6) is 2.20. The van der Waals surface area contributed by atoms with E-state index in [9.17, 15) is 5.11 Å². The van der Waals surface area contributed by atoms with Crippen LogP contribution in [-0.4, -0.2) is 36.5 Å². The Morgan fingerprint density at radius 3 is 2.55 bits per heavy atom. The van der Waals surface area contributed by atoms with Gasteiger partial charge in [-0.3, -0.25) is 0 Å². The largest absolute Gasteiger partial charge is 0.497 e. The first kappa shape index (κ1) is 14.1. The normalized spacial score (nSPS) is 11.7. The number of nitrogens with one attached hydrogen (secondary N) is 1. The Kier molecular flexibility index (Phi) is 5.20. The van der Waals surface area contributed by atoms with Crippen LogP contribution in [0.5, 0.6) is 11.5 Å². The van der Waals surface area contributed by atoms with Crippen LogP contribution in [0, 0.1) is 0 Å². The van der Waals surface area contributed by atoms with Gasteiger partial charge in [-0.2, -0.15) is 0 Å². The van der Waals surface area contributed by atoms with Crippen LogP contribution >= 0.6 is 0 Å². The van der Waals surface area contributed by atoms with Crippen molar-refractivity contribution in [3.63, 3.8) is 0 Å². The molecule has 0 bridgehead atoms. The number of aromatic nitrogens is 1. The average molecular weight is 274 g/mol. The van der Waals surface area contributed by atoms with Gasteiger partial charge in [0.05, 0.1) is 7.11 Å². The Bertz CT molecular complexity index is 502. The summed E-state index contributed by atoms with van der Waals surface area (Å²) in [5.41, 5.74) is 0. The number of hydrogen-bond donors (Lipinski definition) is 2. The van der Waals surface area contributed by atoms with Crippen molar-refractivity contribution in [3.8, 4) is 11.5 Å². The highest BCUT2D eigenvalue weighted by Crippen LogP contribution is 2.17. The molecule has 106 valence electrons. The molecule has 0 saturated carbocycles. The number of nitrogens with zero attached hydrogens (tertiary/aromatic N) is 1. The number of aliphatic hydroxyl groups excluding tert-OH is 1. The topological polar surface area (TPSA) is 63.6 Å². The van der Waals surface area contributed by atoms with Gasteiger partial charge in [-0.1, -0.05) is 6.07 Å². The van der Waals surface area contributed by atoms with Crippen LogP contribution in [0.4, 0.5) is 5.82 Å². The summed E-state index contributed by atoms with van der Waals surface area (Å²) in [7, 11) is 1.61. The molecule has 1 aromatic heterocycles. The van der Waals surface area contributed by atoms with Crippen molar-refractivity contribution in [2.45, 2.75) is 6.10 Å². The SMILES string of the molecule is COc1ccc(OC[C@@H](O)CNc2ccccn2)cc1. The lowest BCUT2D eigenvalue weighted by atomic mass is 10.3. The molecule has 5 nitrogen and oxygen atoms in total. The Hall–Kier alpha value is -2.27. The van der Waals surface area contributed by atoms with Gasteiger partial charge in [-0.15, -0.1) is 0 Å². The highest BCUT2D eigenvalue weighted by Gasteiger charge is 2.05. The van der Waals surface area contributed by atoms with E-state index in [1.165, 1.54) is 0 Å². The third-order valence-corrected chi connectivity index (χ3v) is 2.69. The predicted octanol–water partition coefficient (Wildman–Crippen LogP) is 1.94. The van der Waals surface area contributed by atoms with Crippen molar-refractivity contribution >= 4 is 5.82 Å². The lowest BCUT2D eigenvalue weighted by Gasteiger charge is -2.13. The zero-order valence-electron chi connectivity index (χ0n) is 11.3. The molecule has 0 radical (unpaired) electrons. The minimum Gasteiger partial charge on any atom is -0.497 e. The van der Waals surface area contributed by atoms with Gasteiger partial charge >= 0.3 is 0 Å². The molecule has 0 aliphatic rings. The molecule has 0 amide bonds. The van der Waals surface area contributed by atoms with E-state index in [1.54, 1.807) is 25.4 Å². The van der Waals surface area contributed by atoms with Gasteiger partial charge in [0.15, 0.2) is 0 Å². The second-order valence-electron chi connectivity index (χ2n) is 4.24. The minimum absolute atomic E-state index is 0.214. The van der Waals surface area contributed by atoms with Crippen LogP contribution in [0.15, 0.2) is 48.7 Å². The molecule has 2 N–H and O–H groups in total. The molecule has 2 aromatic rings. The van der Waals surface area contributed by atoms with Gasteiger partial charge in [0.1, 0.15) is 30.0 Å². The van der Waals surface area contributed by atoms with E-state index in [2.05, 4.69) is 10.3 Å². The van der Waals surface area contributed by atoms with Gasteiger partial charge in [0, 0.05) is 12.7 Å². The Balaban J connectivity index is 1.73. The molecule has 0 aliphatic carbocycles. The number of aliphatic hydroxyl groups is 1. The van der Waals surface area contributed by atoms with Gasteiger partial charge in [0.25, 0.3) is 0 Å². The second-order valence-corrected chi connectivity index (χ2v) is 4.24. The fraction of sp³-hybridized carbons (Fsp3) is 0.267. The van der Waals surface area contributed by atoms with E-state index in [0.29, 0.717) is 12.3 Å². The average Bonchev–Trinajstić information content (AvgIpc) is 2.52. The lowest BCUT2D eigenvalue weighted by molar-refractivity contribution is 0.117. The fourth-order valence-electron chi connectivity index (χ4n) is 1.61. The van der Waals surface area contributed by atoms with Crippen molar-refractivity contribution in [1.29, 1.82) is 0 Å². The maximum atomic E-state index is 9.83. The number of ether oxygens (including phenoxy) is 2. The van der Waals surface area contributed by atoms with Crippen molar-refractivity contribution < 1.29 is 14.6 Å². The number of anilines is 1. The first-order chi connectivity index (χ1) is 9.78. The van der Waals surface area contributed by atoms with E-state index in [1.807, 2.05) is 30.3 Å². The lowest BCUT2D eigenvalue weighted by Crippen LogP contribution is -2.26. The first-order valence-corrected chi connectivity index (χ1v) is 6.38. The molecule has 20 heavy (non-hydrogen) atoms. The maximum Gasteiger partial charge on any atom is 0.125 e. The predicted molar refractivity (Wildman–Crippen MR) is 77.2 cm³/mol. The number of hydrogen-bond acceptors (Lipinski definition) is 5. The van der Waals surface area contributed by atoms with E-state index in [4.69, 9.17) is 9.47 Å². The quantitative estimate of drug-likeness (QED) is 0.808. The molecule has 1 heterocycles. The van der Waals surface area contributed by atoms with Gasteiger partial charge < -0.3 is 19.9 Å². The molecule has 0 spiro atoms. The maximum absolute atomic E-state index is 9.83. The summed E-state index contributed by atoms with van der Waals surface area (Å²) in [5, 5.41) is 12.9. The number of benzene rings is 1. The van der Waals surface area contributed by atoms with Gasteiger partial charge in [0.2, 0.25) is 0 Å². The van der Waals surface area contributed by atoms with Crippen molar-refractivity contribution in [2.24, 2.45) is 0 Å². The van der Waals surface area contributed by atoms with Gasteiger partial charge in [-0.05, 0) is 36.4 Å². The monoisotopic (exact) mass is 274 g/mol. The van der Waals surface area contributed by atoms with Crippen LogP contribution in [0.2, 0.25) is 0 Å². The zero-order valence-corrected chi connectivity index (χ0v) is 11.3. The molecule has 0 saturated heterocycles. The van der Waals surface area contributed by atoms with E-state index < -0.39 is 6.10 Å². The summed E-state index contributed by atoms with van der Waals surface area (Å²) in [4.78, 5) is 4.11. The molecular formula is C15H18N2O3. The summed E-state index contributed by atoms with van der Waals surface area (Å²) in [6, 6.07) is 12.8. The first-order valence-electron chi connectivity index (χ1n) is 6.38. The second kappa shape index (κ2) is 7.35. The summed E-state index contributed by atoms with van der Waals surface area (Å²) < 4.78 is 10.6. The van der Waals surface area contributed by atoms with Crippen LogP contribution in [0.3, 0.4) is 0 Å². The van der Waals surface area contributed by atoms with Crippen molar-refractivity contribution in [2.75, 3.05) is 25.6 Å². The minimum atomic E-state index is -0.612. The molecule has 1 aromatic carbocycles. The standard InChI is InChI=1S/C15H18N2O3/c1-19-13-5-7-14(8-6-13)20-11-12(18)10-17-15-4-2-3-9-16-15/h2-9,12,18H,10-11H2,1H3,(H,16,17)/t12-/m0/s1. The van der Waals surface area contributed by atoms with E-state index in [0.717, 1.165) is 11.6 Å². The van der Waals surface area contributed by atoms with Crippen LogP contribution < -0.4 is 14.8 Å². The molecule has 5 heteroatoms. The van der Waals surface area contributed by atoms with Gasteiger partial charge in [-0.25, -0.2) is 4.98 Å². The fourth-order valence-corrected chi connectivity index (χ4v) is 1.61. The summed E-state index contributed by atoms with van der Waals surface area (Å²) in [6.07, 6.45) is 1.09. The molecular weight excluding hydrogens is 256 g/mol. The third-order valence-electron chi connectivity index (χ3n) is 2.69. The van der Waals surface area contributed by atoms with E-state index in [-0.39, 0.29) is 6.61 Å². The molecule has 2 rings (SSSR count). The Morgan fingerprint density at radius 1 is 1.15 bits per heavy atom. The third kappa shape index (κ3) is 4.44. The number of methoxy groups -OCH3 is 1.